The lowest BCUT2D eigenvalue weighted by Gasteiger charge is -2.09. The lowest BCUT2D eigenvalue weighted by atomic mass is 10.1. The molecule has 2 heterocycles. The second-order valence-corrected chi connectivity index (χ2v) is 9.19. The zero-order valence-electron chi connectivity index (χ0n) is 15.9. The van der Waals surface area contributed by atoms with E-state index in [0.717, 1.165) is 28.8 Å². The van der Waals surface area contributed by atoms with E-state index in [0.29, 0.717) is 21.5 Å². The molecule has 12 heteroatoms. The molecule has 0 fully saturated rings. The van der Waals surface area contributed by atoms with Crippen LogP contribution < -0.4 is 5.69 Å². The van der Waals surface area contributed by atoms with Crippen LogP contribution in [0.15, 0.2) is 70.6 Å². The fourth-order valence-electron chi connectivity index (χ4n) is 3.24. The highest BCUT2D eigenvalue weighted by atomic mass is 35.5. The molecule has 0 bridgehead atoms. The van der Waals surface area contributed by atoms with Gasteiger partial charge in [-0.3, -0.25) is 9.55 Å². The maximum atomic E-state index is 12.9. The molecule has 0 saturated heterocycles. The third-order valence-electron chi connectivity index (χ3n) is 4.78. The highest BCUT2D eigenvalue weighted by Crippen LogP contribution is 2.31. The Kier molecular flexibility index (Phi) is 5.25. The quantitative estimate of drug-likeness (QED) is 0.475. The molecule has 0 aliphatic rings. The van der Waals surface area contributed by atoms with E-state index in [1.807, 2.05) is 0 Å². The van der Waals surface area contributed by atoms with Crippen molar-refractivity contribution in [2.45, 2.75) is 16.9 Å². The van der Waals surface area contributed by atoms with Crippen molar-refractivity contribution in [1.82, 2.24) is 14.1 Å². The number of sulfone groups is 1. The Morgan fingerprint density at radius 1 is 1.06 bits per heavy atom. The van der Waals surface area contributed by atoms with E-state index in [1.165, 1.54) is 10.8 Å². The highest BCUT2D eigenvalue weighted by Gasteiger charge is 2.46. The molecular weight excluding hydrogens is 471 g/mol. The van der Waals surface area contributed by atoms with Gasteiger partial charge in [-0.2, -0.15) is 13.2 Å². The average Bonchev–Trinajstić information content (AvgIpc) is 3.00. The molecule has 0 atom stereocenters. The van der Waals surface area contributed by atoms with Gasteiger partial charge in [0.2, 0.25) is 5.88 Å². The van der Waals surface area contributed by atoms with Gasteiger partial charge < -0.3 is 5.11 Å². The first-order valence-electron chi connectivity index (χ1n) is 8.95. The summed E-state index contributed by atoms with van der Waals surface area (Å²) in [5.41, 5.74) is -4.78. The summed E-state index contributed by atoms with van der Waals surface area (Å²) in [5.74, 6) is -0.474. The number of aromatic hydroxyl groups is 1. The minimum absolute atomic E-state index is 0.00462. The number of rotatable bonds is 4. The van der Waals surface area contributed by atoms with Crippen LogP contribution in [0.2, 0.25) is 5.02 Å². The van der Waals surface area contributed by atoms with Gasteiger partial charge in [0.25, 0.3) is 9.84 Å². The van der Waals surface area contributed by atoms with E-state index in [4.69, 9.17) is 11.6 Å². The molecule has 0 unspecified atom stereocenters. The summed E-state index contributed by atoms with van der Waals surface area (Å²) in [6.07, 6.45) is 2.73. The normalized spacial score (nSPS) is 12.4. The van der Waals surface area contributed by atoms with Gasteiger partial charge in [-0.15, -0.1) is 0 Å². The molecule has 32 heavy (non-hydrogen) atoms. The number of nitrogens with zero attached hydrogens (tertiary/aromatic N) is 3. The Morgan fingerprint density at radius 3 is 2.41 bits per heavy atom. The molecule has 2 aromatic carbocycles. The van der Waals surface area contributed by atoms with Crippen molar-refractivity contribution in [3.05, 3.63) is 82.0 Å². The second-order valence-electron chi connectivity index (χ2n) is 6.81. The van der Waals surface area contributed by atoms with Crippen LogP contribution in [0.1, 0.15) is 5.56 Å². The topological polar surface area (TPSA) is 94.2 Å². The molecule has 4 rings (SSSR count). The first-order chi connectivity index (χ1) is 15.0. The van der Waals surface area contributed by atoms with Gasteiger partial charge in [-0.25, -0.2) is 17.8 Å². The van der Waals surface area contributed by atoms with Crippen molar-refractivity contribution in [1.29, 1.82) is 0 Å². The van der Waals surface area contributed by atoms with Gasteiger partial charge in [0.05, 0.1) is 28.8 Å². The fraction of sp³-hybridized carbons (Fsp3) is 0.100. The zero-order chi connectivity index (χ0) is 23.3. The lowest BCUT2D eigenvalue weighted by molar-refractivity contribution is -0.0436. The van der Waals surface area contributed by atoms with Crippen LogP contribution in [0.5, 0.6) is 5.88 Å². The van der Waals surface area contributed by atoms with Crippen molar-refractivity contribution in [3.8, 4) is 11.6 Å². The van der Waals surface area contributed by atoms with Gasteiger partial charge in [-0.05, 0) is 54.1 Å². The average molecular weight is 484 g/mol. The van der Waals surface area contributed by atoms with Crippen LogP contribution in [0.3, 0.4) is 0 Å². The predicted octanol–water partition coefficient (Wildman–Crippen LogP) is 3.89. The van der Waals surface area contributed by atoms with Crippen LogP contribution in [-0.4, -0.2) is 33.2 Å². The number of hydrogen-bond donors (Lipinski definition) is 1. The number of hydrogen-bond acceptors (Lipinski definition) is 5. The van der Waals surface area contributed by atoms with Crippen molar-refractivity contribution >= 4 is 32.3 Å². The molecule has 4 aromatic rings. The van der Waals surface area contributed by atoms with Crippen LogP contribution in [0.4, 0.5) is 13.2 Å². The van der Waals surface area contributed by atoms with Crippen LogP contribution >= 0.6 is 11.6 Å². The molecule has 0 amide bonds. The monoisotopic (exact) mass is 483 g/mol. The third-order valence-corrected chi connectivity index (χ3v) is 6.52. The molecule has 0 spiro atoms. The smallest absolute Gasteiger partial charge is 0.493 e. The zero-order valence-corrected chi connectivity index (χ0v) is 17.5. The van der Waals surface area contributed by atoms with E-state index in [1.54, 1.807) is 30.5 Å². The van der Waals surface area contributed by atoms with E-state index in [9.17, 15) is 31.5 Å². The fourth-order valence-corrected chi connectivity index (χ4v) is 4.17. The molecule has 0 aliphatic heterocycles. The number of imidazole rings is 1. The van der Waals surface area contributed by atoms with Crippen molar-refractivity contribution in [2.75, 3.05) is 0 Å². The number of alkyl halides is 3. The SMILES string of the molecule is O=c1n(Cc2ccnc3ccc(Cl)cc23)cc(O)n1-c1ccc(S(=O)(=O)C(F)(F)F)cc1. The summed E-state index contributed by atoms with van der Waals surface area (Å²) >= 11 is 6.05. The maximum absolute atomic E-state index is 12.9. The number of aromatic nitrogens is 3. The van der Waals surface area contributed by atoms with Gasteiger partial charge in [0.15, 0.2) is 0 Å². The summed E-state index contributed by atoms with van der Waals surface area (Å²) in [4.78, 5) is 16.1. The Hall–Kier alpha value is -3.31. The molecule has 0 saturated carbocycles. The molecular formula is C20H13ClF3N3O4S. The Morgan fingerprint density at radius 2 is 1.75 bits per heavy atom. The van der Waals surface area contributed by atoms with E-state index in [-0.39, 0.29) is 12.2 Å². The summed E-state index contributed by atoms with van der Waals surface area (Å²) in [7, 11) is -5.53. The summed E-state index contributed by atoms with van der Waals surface area (Å²) < 4.78 is 63.2. The van der Waals surface area contributed by atoms with E-state index >= 15 is 0 Å². The lowest BCUT2D eigenvalue weighted by Crippen LogP contribution is -2.24. The number of fused-ring (bicyclic) bond motifs is 1. The molecule has 0 aliphatic carbocycles. The van der Waals surface area contributed by atoms with E-state index < -0.39 is 31.8 Å². The predicted molar refractivity (Wildman–Crippen MR) is 111 cm³/mol. The van der Waals surface area contributed by atoms with Crippen molar-refractivity contribution in [2.24, 2.45) is 0 Å². The second kappa shape index (κ2) is 7.68. The number of pyridine rings is 1. The standard InChI is InChI=1S/C20H13ClF3N3O4S/c21-13-1-6-17-16(9-13)12(7-8-25-17)10-26-11-18(28)27(19(26)29)14-2-4-15(5-3-14)32(30,31)20(22,23)24/h1-9,11,28H,10H2. The molecule has 2 aromatic heterocycles. The van der Waals surface area contributed by atoms with E-state index in [2.05, 4.69) is 4.98 Å². The van der Waals surface area contributed by atoms with Gasteiger partial charge >= 0.3 is 11.2 Å². The van der Waals surface area contributed by atoms with Gasteiger partial charge in [-0.1, -0.05) is 11.6 Å². The molecule has 1 N–H and O–H groups in total. The Labute approximate surface area is 183 Å². The Bertz CT molecular complexity index is 1490. The first-order valence-corrected chi connectivity index (χ1v) is 10.8. The Balaban J connectivity index is 1.72. The first kappa shape index (κ1) is 21.9. The maximum Gasteiger partial charge on any atom is 0.501 e. The van der Waals surface area contributed by atoms with Crippen molar-refractivity contribution < 1.29 is 26.7 Å². The van der Waals surface area contributed by atoms with Crippen molar-refractivity contribution in [3.63, 3.8) is 0 Å². The molecule has 166 valence electrons. The minimum Gasteiger partial charge on any atom is -0.493 e. The van der Waals surface area contributed by atoms with Crippen LogP contribution in [-0.2, 0) is 16.4 Å². The third kappa shape index (κ3) is 3.73. The number of halogens is 4. The molecule has 7 nitrogen and oxygen atoms in total. The minimum atomic E-state index is -5.53. The summed E-state index contributed by atoms with van der Waals surface area (Å²) in [5, 5.41) is 11.5. The largest absolute Gasteiger partial charge is 0.501 e. The highest BCUT2D eigenvalue weighted by molar-refractivity contribution is 7.92. The van der Waals surface area contributed by atoms with Crippen LogP contribution in [0, 0.1) is 0 Å². The summed E-state index contributed by atoms with van der Waals surface area (Å²) in [6.45, 7) is 0.0549. The van der Waals surface area contributed by atoms with Crippen LogP contribution in [0.25, 0.3) is 16.6 Å². The van der Waals surface area contributed by atoms with Gasteiger partial charge in [0, 0.05) is 16.6 Å². The number of benzene rings is 2. The molecule has 0 radical (unpaired) electrons. The van der Waals surface area contributed by atoms with Gasteiger partial charge in [0.1, 0.15) is 0 Å². The summed E-state index contributed by atoms with van der Waals surface area (Å²) in [6, 6.07) is 10.2.